The van der Waals surface area contributed by atoms with Gasteiger partial charge in [-0.2, -0.15) is 19.9 Å². The van der Waals surface area contributed by atoms with Gasteiger partial charge in [0.25, 0.3) is 0 Å². The largest absolute Gasteiger partial charge is 0.497 e. The summed E-state index contributed by atoms with van der Waals surface area (Å²) >= 11 is 3.49. The van der Waals surface area contributed by atoms with Gasteiger partial charge >= 0.3 is 17.9 Å². The van der Waals surface area contributed by atoms with E-state index in [0.717, 1.165) is 104 Å². The number of nitrogen functional groups attached to an aromatic ring is 1. The molecule has 41 heteroatoms. The van der Waals surface area contributed by atoms with Crippen molar-refractivity contribution in [2.75, 3.05) is 119 Å². The molecule has 137 heavy (non-hydrogen) atoms. The molecule has 0 bridgehead atoms. The second kappa shape index (κ2) is 52.5. The predicted molar refractivity (Wildman–Crippen MR) is 535 cm³/mol. The van der Waals surface area contributed by atoms with Crippen LogP contribution < -0.4 is 92.6 Å². The summed E-state index contributed by atoms with van der Waals surface area (Å²) in [5.74, 6) is 4.00. The van der Waals surface area contributed by atoms with Crippen LogP contribution in [0.5, 0.6) is 34.5 Å². The number of hydrogen-bond acceptors (Lipinski definition) is 34. The first kappa shape index (κ1) is 110. The molecule has 4 amide bonds. The minimum Gasteiger partial charge on any atom is -0.497 e. The van der Waals surface area contributed by atoms with Crippen LogP contribution in [0.25, 0.3) is 44.1 Å². The van der Waals surface area contributed by atoms with Gasteiger partial charge in [0.1, 0.15) is 56.6 Å². The van der Waals surface area contributed by atoms with Crippen LogP contribution >= 0.6 is 15.9 Å². The van der Waals surface area contributed by atoms with Gasteiger partial charge in [-0.15, -0.1) is 0 Å². The van der Waals surface area contributed by atoms with Gasteiger partial charge in [-0.1, -0.05) is 86.5 Å². The Morgan fingerprint density at radius 2 is 0.650 bits per heavy atom. The molecule has 40 nitrogen and oxygen atoms in total. The summed E-state index contributed by atoms with van der Waals surface area (Å²) in [5.41, 5.74) is 10.8. The summed E-state index contributed by atoms with van der Waals surface area (Å²) in [6.45, 7) is 25.4. The van der Waals surface area contributed by atoms with Gasteiger partial charge in [0.2, 0.25) is 47.4 Å². The van der Waals surface area contributed by atoms with Crippen molar-refractivity contribution in [1.29, 1.82) is 0 Å². The van der Waals surface area contributed by atoms with Crippen LogP contribution in [0.4, 0.5) is 47.1 Å². The number of nitrogens with two attached hydrogens (primary N) is 1. The molecular formula is C96H131BrN24O16. The summed E-state index contributed by atoms with van der Waals surface area (Å²) in [7, 11) is 10.9. The highest BCUT2D eigenvalue weighted by molar-refractivity contribution is 9.10. The Labute approximate surface area is 806 Å². The molecule has 0 spiro atoms. The smallest absolute Gasteiger partial charge is 0.339 e. The minimum atomic E-state index is -1.10. The standard InChI is InChI=1S/C27H36N6O5.C26H34N6O5.C25H33BrN6O3.C17H24N6O3.CH4/c1-7-8-11-27(3,16-30-17(2)34)33-24-23-21(12-19(15-28-23)25(35)38-6)31-26(32-24)29-14-18-9-10-20(36-4)13-22(18)37-5;1-6-7-10-26(3,15-29-16(2)33)32-23-22-20(11-18(14-27-22)24(34)35)30-25(31-23)28-13-17-8-9-19(36-4)12-21(17)37-5;1-6-7-10-25(3,15-29-16(2)33)32-23-22-20(11-18(26)14-27-22)30-24(31-23)28-13-17-8-9-19(34-4)12-21(17)35-5;1-4-5-6-17(3,9-20-10(2)24)23-14-13-12(21-16(18)22-14)7-11(8-19-13)15(25)26;/h9-10,12-13,15H,7-8,11,14,16H2,1-6H3,(H,30,34)(H2,29,31,32,33);8-9,11-12,14H,6-7,10,13,15H2,1-5H3,(H,29,33)(H,34,35)(H2,28,30,31,32);8-9,11-12,14H,6-7,10,13,15H2,1-5H3,(H,29,33)(H2,28,30,31,32);7-8H,4-6,9H2,1-3H3,(H,20,24)(H,25,26)(H3,18,21,22,23);1H4/t27-;26-;25-;17-;/m1111./s1. The number of hydrogen-bond donors (Lipinski definition) is 14. The molecule has 738 valence electrons. The number of unbranched alkanes of at least 4 members (excludes halogenated alkanes) is 4. The fraction of sp³-hybridized carbons (Fsp3) is 0.448. The number of nitrogens with one attached hydrogen (secondary N) is 11. The van der Waals surface area contributed by atoms with E-state index in [2.05, 4.69) is 159 Å². The Hall–Kier alpha value is -14.4. The van der Waals surface area contributed by atoms with E-state index in [1.54, 1.807) is 67.1 Å². The monoisotopic (exact) mass is 1950 g/mol. The predicted octanol–water partition coefficient (Wildman–Crippen LogP) is 15.1. The van der Waals surface area contributed by atoms with Crippen molar-refractivity contribution >= 4 is 149 Å². The number of amides is 4. The number of anilines is 8. The van der Waals surface area contributed by atoms with Crippen molar-refractivity contribution < 1.29 is 76.9 Å². The summed E-state index contributed by atoms with van der Waals surface area (Å²) in [4.78, 5) is 135. The van der Waals surface area contributed by atoms with Crippen molar-refractivity contribution in [1.82, 2.24) is 81.1 Å². The molecule has 3 aromatic carbocycles. The first-order valence-corrected chi connectivity index (χ1v) is 45.3. The Balaban J connectivity index is 0.000000250. The van der Waals surface area contributed by atoms with Crippen LogP contribution in [0.1, 0.15) is 215 Å². The number of carboxylic acid groups (broad SMARTS) is 2. The maximum absolute atomic E-state index is 12.2. The molecule has 0 aliphatic heterocycles. The summed E-state index contributed by atoms with van der Waals surface area (Å²) in [6, 6.07) is 23.1. The summed E-state index contributed by atoms with van der Waals surface area (Å²) in [5, 5.41) is 53.8. The maximum atomic E-state index is 12.2. The molecule has 0 saturated heterocycles. The van der Waals surface area contributed by atoms with Crippen molar-refractivity contribution in [2.24, 2.45) is 0 Å². The molecule has 0 radical (unpaired) electrons. The number of nitrogens with zero attached hydrogens (tertiary/aromatic N) is 12. The molecular weight excluding hydrogens is 1830 g/mol. The first-order chi connectivity index (χ1) is 64.9. The third-order valence-electron chi connectivity index (χ3n) is 21.8. The molecule has 11 aromatic rings. The van der Waals surface area contributed by atoms with Crippen LogP contribution in [0.3, 0.4) is 0 Å². The number of esters is 1. The van der Waals surface area contributed by atoms with Crippen LogP contribution in [0.15, 0.2) is 108 Å². The quantitative estimate of drug-likeness (QED) is 0.0158. The van der Waals surface area contributed by atoms with Crippen LogP contribution in [0, 0.1) is 0 Å². The van der Waals surface area contributed by atoms with Gasteiger partial charge in [-0.25, -0.2) is 54.3 Å². The Morgan fingerprint density at radius 3 is 0.927 bits per heavy atom. The number of pyridine rings is 4. The van der Waals surface area contributed by atoms with Crippen LogP contribution in [-0.4, -0.2) is 210 Å². The molecule has 4 atom stereocenters. The number of aromatic carboxylic acids is 2. The second-order valence-electron chi connectivity index (χ2n) is 33.4. The fourth-order valence-corrected chi connectivity index (χ4v) is 14.4. The lowest BCUT2D eigenvalue weighted by Crippen LogP contribution is -2.46. The normalized spacial score (nSPS) is 12.5. The average molecular weight is 1960 g/mol. The summed E-state index contributed by atoms with van der Waals surface area (Å²) in [6.07, 6.45) is 16.8. The van der Waals surface area contributed by atoms with Crippen LogP contribution in [-0.2, 0) is 43.5 Å². The van der Waals surface area contributed by atoms with Crippen LogP contribution in [0.2, 0.25) is 0 Å². The van der Waals surface area contributed by atoms with Crippen molar-refractivity contribution in [3.8, 4) is 34.5 Å². The first-order valence-electron chi connectivity index (χ1n) is 44.5. The molecule has 8 heterocycles. The number of ether oxygens (including phenoxy) is 7. The maximum Gasteiger partial charge on any atom is 0.339 e. The van der Waals surface area contributed by atoms with E-state index in [9.17, 15) is 38.7 Å². The Bertz CT molecular complexity index is 5970. The van der Waals surface area contributed by atoms with Crippen molar-refractivity contribution in [3.05, 3.63) is 142 Å². The Morgan fingerprint density at radius 1 is 0.372 bits per heavy atom. The lowest BCUT2D eigenvalue weighted by molar-refractivity contribution is -0.120. The van der Waals surface area contributed by atoms with E-state index in [0.29, 0.717) is 154 Å². The minimum absolute atomic E-state index is 0. The number of rotatable bonds is 46. The highest BCUT2D eigenvalue weighted by Crippen LogP contribution is 2.35. The molecule has 0 unspecified atom stereocenters. The van der Waals surface area contributed by atoms with Gasteiger partial charge in [0, 0.05) is 138 Å². The molecule has 0 saturated carbocycles. The third kappa shape index (κ3) is 33.0. The topological polar surface area (TPSA) is 538 Å². The van der Waals surface area contributed by atoms with E-state index < -0.39 is 40.1 Å². The van der Waals surface area contributed by atoms with Gasteiger partial charge in [0.05, 0.1) is 111 Å². The van der Waals surface area contributed by atoms with E-state index in [-0.39, 0.29) is 59.6 Å². The number of carboxylic acids is 2. The van der Waals surface area contributed by atoms with Gasteiger partial charge in [-0.05, 0) is 130 Å². The lowest BCUT2D eigenvalue weighted by atomic mass is 9.94. The Kier molecular flexibility index (Phi) is 42.0. The molecule has 0 fully saturated rings. The second-order valence-corrected chi connectivity index (χ2v) is 34.3. The highest BCUT2D eigenvalue weighted by atomic mass is 79.9. The zero-order valence-electron chi connectivity index (χ0n) is 80.7. The van der Waals surface area contributed by atoms with Gasteiger partial charge in [0.15, 0.2) is 23.3 Å². The van der Waals surface area contributed by atoms with Gasteiger partial charge < -0.3 is 108 Å². The number of methoxy groups -OCH3 is 7. The molecule has 15 N–H and O–H groups in total. The SMILES string of the molecule is C.CCCC[C@](C)(CNC(C)=O)Nc1nc(N)nc2cc(C(=O)O)cnc12.CCCC[C@](C)(CNC(C)=O)Nc1nc(NCc2ccc(OC)cc2OC)nc2cc(Br)cnc12.CCCC[C@](C)(CNC(C)=O)Nc1nc(NCc2ccc(OC)cc2OC)nc2cc(C(=O)O)cnc12.CCCC[C@](C)(CNC(C)=O)Nc1nc(NCc2ccc(OC)cc2OC)nc2cc(C(=O)OC)cnc12. The number of aromatic nitrogens is 12. The number of fused-ring (bicyclic) bond motifs is 4. The van der Waals surface area contributed by atoms with Crippen molar-refractivity contribution in [3.63, 3.8) is 0 Å². The van der Waals surface area contributed by atoms with E-state index in [1.807, 2.05) is 69.3 Å². The van der Waals surface area contributed by atoms with E-state index >= 15 is 0 Å². The molecule has 11 rings (SSSR count). The molecule has 8 aromatic heterocycles. The summed E-state index contributed by atoms with van der Waals surface area (Å²) < 4.78 is 38.0. The highest BCUT2D eigenvalue weighted by Gasteiger charge is 2.32. The lowest BCUT2D eigenvalue weighted by Gasteiger charge is -2.32. The zero-order valence-corrected chi connectivity index (χ0v) is 82.3. The number of carbonyl (C=O) groups is 7. The number of benzene rings is 3. The van der Waals surface area contributed by atoms with Crippen molar-refractivity contribution in [2.45, 2.75) is 209 Å². The fourth-order valence-electron chi connectivity index (χ4n) is 14.1. The molecule has 0 aliphatic rings. The van der Waals surface area contributed by atoms with E-state index in [1.165, 1.54) is 65.5 Å². The zero-order chi connectivity index (χ0) is 99.5. The number of carbonyl (C=O) groups excluding carboxylic acids is 5. The van der Waals surface area contributed by atoms with E-state index in [4.69, 9.17) is 54.0 Å². The average Bonchev–Trinajstić information content (AvgIpc) is 0.793. The van der Waals surface area contributed by atoms with Gasteiger partial charge in [-0.3, -0.25) is 19.2 Å². The number of halogens is 1. The molecule has 0 aliphatic carbocycles. The third-order valence-corrected chi connectivity index (χ3v) is 22.2.